The van der Waals surface area contributed by atoms with Crippen LogP contribution in [0.5, 0.6) is 5.75 Å². The Balaban J connectivity index is 1.16. The Morgan fingerprint density at radius 2 is 1.54 bits per heavy atom. The number of hydrogen-bond donors (Lipinski definition) is 0. The number of hydrogen-bond acceptors (Lipinski definition) is 8. The van der Waals surface area contributed by atoms with Crippen molar-refractivity contribution in [3.05, 3.63) is 71.1 Å². The number of fused-ring (bicyclic) bond motifs is 1. The minimum absolute atomic E-state index is 0.0129. The summed E-state index contributed by atoms with van der Waals surface area (Å²) in [6.45, 7) is 7.70. The fraction of sp³-hybridized carbons (Fsp3) is 0.345. The number of methoxy groups -OCH3 is 1. The molecule has 0 radical (unpaired) electrons. The van der Waals surface area contributed by atoms with Crippen LogP contribution in [-0.2, 0) is 0 Å². The van der Waals surface area contributed by atoms with Gasteiger partial charge in [-0.25, -0.2) is 14.4 Å². The summed E-state index contributed by atoms with van der Waals surface area (Å²) < 4.78 is 19.5. The molecule has 8 nitrogen and oxygen atoms in total. The first kappa shape index (κ1) is 25.4. The summed E-state index contributed by atoms with van der Waals surface area (Å²) in [7, 11) is 1.68. The average molecular weight is 547 g/mol. The largest absolute Gasteiger partial charge is 0.497 e. The van der Waals surface area contributed by atoms with Crippen LogP contribution in [0.4, 0.5) is 21.6 Å². The summed E-state index contributed by atoms with van der Waals surface area (Å²) in [6, 6.07) is 15.0. The Bertz CT molecular complexity index is 1480. The number of aryl methyl sites for hydroxylation is 1. The number of benzene rings is 2. The van der Waals surface area contributed by atoms with Gasteiger partial charge in [0.1, 0.15) is 28.5 Å². The van der Waals surface area contributed by atoms with Gasteiger partial charge in [-0.2, -0.15) is 0 Å². The number of para-hydroxylation sites is 1. The normalized spacial score (nSPS) is 16.2. The van der Waals surface area contributed by atoms with Gasteiger partial charge in [0.15, 0.2) is 0 Å². The predicted molar refractivity (Wildman–Crippen MR) is 154 cm³/mol. The SMILES string of the molecule is COc1ccc(N2CCN(c3ncnc4sc(C(=O)N5CCN(c6ccccc6F)CC5)c(C)c34)CC2)cc1. The van der Waals surface area contributed by atoms with E-state index in [0.29, 0.717) is 36.7 Å². The molecule has 6 rings (SSSR count). The van der Waals surface area contributed by atoms with Crippen LogP contribution in [0.2, 0.25) is 0 Å². The van der Waals surface area contributed by atoms with Gasteiger partial charge in [0.2, 0.25) is 0 Å². The zero-order valence-corrected chi connectivity index (χ0v) is 23.0. The third-order valence-corrected chi connectivity index (χ3v) is 8.87. The highest BCUT2D eigenvalue weighted by Gasteiger charge is 2.29. The molecule has 10 heteroatoms. The lowest BCUT2D eigenvalue weighted by atomic mass is 10.1. The lowest BCUT2D eigenvalue weighted by molar-refractivity contribution is 0.0751. The van der Waals surface area contributed by atoms with Crippen molar-refractivity contribution in [1.82, 2.24) is 14.9 Å². The average Bonchev–Trinajstić information content (AvgIpc) is 3.34. The Morgan fingerprint density at radius 3 is 2.23 bits per heavy atom. The molecule has 0 unspecified atom stereocenters. The summed E-state index contributed by atoms with van der Waals surface area (Å²) in [4.78, 5) is 32.9. The number of amides is 1. The van der Waals surface area contributed by atoms with Crippen molar-refractivity contribution >= 4 is 44.7 Å². The van der Waals surface area contributed by atoms with Crippen LogP contribution < -0.4 is 19.4 Å². The Hall–Kier alpha value is -3.92. The van der Waals surface area contributed by atoms with E-state index >= 15 is 0 Å². The van der Waals surface area contributed by atoms with Crippen molar-refractivity contribution in [3.8, 4) is 5.75 Å². The maximum Gasteiger partial charge on any atom is 0.264 e. The summed E-state index contributed by atoms with van der Waals surface area (Å²) >= 11 is 1.44. The minimum Gasteiger partial charge on any atom is -0.497 e. The standard InChI is InChI=1S/C29H31FN6O2S/c1-20-25-27(35-15-11-33(12-16-35)21-7-9-22(38-2)10-8-21)31-19-32-28(25)39-26(20)29(37)36-17-13-34(14-18-36)24-6-4-3-5-23(24)30/h3-10,19H,11-18H2,1-2H3. The van der Waals surface area contributed by atoms with Crippen molar-refractivity contribution in [2.75, 3.05) is 74.2 Å². The Kier molecular flexibility index (Phi) is 6.95. The van der Waals surface area contributed by atoms with Crippen molar-refractivity contribution in [1.29, 1.82) is 0 Å². The third kappa shape index (κ3) is 4.85. The first-order valence-corrected chi connectivity index (χ1v) is 14.0. The van der Waals surface area contributed by atoms with Crippen molar-refractivity contribution in [2.45, 2.75) is 6.92 Å². The molecule has 0 N–H and O–H groups in total. The second kappa shape index (κ2) is 10.7. The zero-order valence-electron chi connectivity index (χ0n) is 22.1. The molecule has 2 saturated heterocycles. The van der Waals surface area contributed by atoms with Crippen LogP contribution in [0, 0.1) is 12.7 Å². The predicted octanol–water partition coefficient (Wildman–Crippen LogP) is 4.44. The number of aromatic nitrogens is 2. The van der Waals surface area contributed by atoms with E-state index in [1.54, 1.807) is 25.6 Å². The van der Waals surface area contributed by atoms with Gasteiger partial charge in [-0.15, -0.1) is 11.3 Å². The van der Waals surface area contributed by atoms with Crippen LogP contribution >= 0.6 is 11.3 Å². The maximum atomic E-state index is 14.2. The Labute approximate surface area is 231 Å². The Morgan fingerprint density at radius 1 is 0.872 bits per heavy atom. The van der Waals surface area contributed by atoms with Gasteiger partial charge in [-0.05, 0) is 48.9 Å². The smallest absolute Gasteiger partial charge is 0.264 e. The topological polar surface area (TPSA) is 65.0 Å². The van der Waals surface area contributed by atoms with Gasteiger partial charge in [0.25, 0.3) is 5.91 Å². The van der Waals surface area contributed by atoms with Crippen LogP contribution in [0.3, 0.4) is 0 Å². The molecule has 4 aromatic rings. The number of anilines is 3. The number of halogens is 1. The lowest BCUT2D eigenvalue weighted by Gasteiger charge is -2.37. The van der Waals surface area contributed by atoms with Gasteiger partial charge in [0, 0.05) is 58.0 Å². The summed E-state index contributed by atoms with van der Waals surface area (Å²) in [5.41, 5.74) is 2.71. The molecule has 0 saturated carbocycles. The number of rotatable bonds is 5. The van der Waals surface area contributed by atoms with E-state index in [1.807, 2.05) is 34.9 Å². The molecule has 2 aromatic heterocycles. The number of nitrogens with zero attached hydrogens (tertiary/aromatic N) is 6. The molecule has 1 amide bonds. The fourth-order valence-corrected chi connectivity index (χ4v) is 6.58. The van der Waals surface area contributed by atoms with E-state index in [1.165, 1.54) is 23.1 Å². The summed E-state index contributed by atoms with van der Waals surface area (Å²) in [5, 5.41) is 0.966. The first-order chi connectivity index (χ1) is 19.0. The van der Waals surface area contributed by atoms with Crippen LogP contribution in [-0.4, -0.2) is 80.2 Å². The van der Waals surface area contributed by atoms with Gasteiger partial charge in [0.05, 0.1) is 23.1 Å². The van der Waals surface area contributed by atoms with Crippen LogP contribution in [0.15, 0.2) is 54.9 Å². The molecule has 0 spiro atoms. The van der Waals surface area contributed by atoms with Gasteiger partial charge < -0.3 is 24.3 Å². The molecule has 0 bridgehead atoms. The molecular weight excluding hydrogens is 515 g/mol. The molecule has 2 fully saturated rings. The van der Waals surface area contributed by atoms with Crippen molar-refractivity contribution in [2.24, 2.45) is 0 Å². The number of thiophene rings is 1. The summed E-state index contributed by atoms with van der Waals surface area (Å²) in [6.07, 6.45) is 1.60. The number of carbonyl (C=O) groups excluding carboxylic acids is 1. The number of piperazine rings is 2. The van der Waals surface area contributed by atoms with E-state index in [9.17, 15) is 9.18 Å². The van der Waals surface area contributed by atoms with Gasteiger partial charge >= 0.3 is 0 Å². The van der Waals surface area contributed by atoms with E-state index in [4.69, 9.17) is 4.74 Å². The second-order valence-corrected chi connectivity index (χ2v) is 10.8. The maximum absolute atomic E-state index is 14.2. The summed E-state index contributed by atoms with van der Waals surface area (Å²) in [5.74, 6) is 1.53. The molecule has 39 heavy (non-hydrogen) atoms. The van der Waals surface area contributed by atoms with Crippen molar-refractivity contribution in [3.63, 3.8) is 0 Å². The first-order valence-electron chi connectivity index (χ1n) is 13.2. The fourth-order valence-electron chi connectivity index (χ4n) is 5.47. The van der Waals surface area contributed by atoms with E-state index in [0.717, 1.165) is 53.5 Å². The monoisotopic (exact) mass is 546 g/mol. The van der Waals surface area contributed by atoms with E-state index < -0.39 is 0 Å². The molecule has 0 atom stereocenters. The quantitative estimate of drug-likeness (QED) is 0.367. The van der Waals surface area contributed by atoms with Crippen LogP contribution in [0.25, 0.3) is 10.2 Å². The highest BCUT2D eigenvalue weighted by atomic mass is 32.1. The molecule has 2 aromatic carbocycles. The molecule has 2 aliphatic rings. The molecule has 2 aliphatic heterocycles. The minimum atomic E-state index is -0.228. The number of ether oxygens (including phenoxy) is 1. The van der Waals surface area contributed by atoms with Crippen LogP contribution in [0.1, 0.15) is 15.2 Å². The molecule has 0 aliphatic carbocycles. The van der Waals surface area contributed by atoms with Gasteiger partial charge in [-0.1, -0.05) is 12.1 Å². The second-order valence-electron chi connectivity index (χ2n) is 9.84. The van der Waals surface area contributed by atoms with Crippen molar-refractivity contribution < 1.29 is 13.9 Å². The van der Waals surface area contributed by atoms with E-state index in [-0.39, 0.29) is 11.7 Å². The highest BCUT2D eigenvalue weighted by molar-refractivity contribution is 7.20. The van der Waals surface area contributed by atoms with Gasteiger partial charge in [-0.3, -0.25) is 4.79 Å². The highest BCUT2D eigenvalue weighted by Crippen LogP contribution is 2.36. The van der Waals surface area contributed by atoms with E-state index in [2.05, 4.69) is 31.9 Å². The zero-order chi connectivity index (χ0) is 26.9. The lowest BCUT2D eigenvalue weighted by Crippen LogP contribution is -2.49. The third-order valence-electron chi connectivity index (χ3n) is 7.68. The molecule has 202 valence electrons. The molecule has 4 heterocycles. The molecular formula is C29H31FN6O2S. The number of carbonyl (C=O) groups is 1.